The molecule has 0 saturated carbocycles. The predicted molar refractivity (Wildman–Crippen MR) is 44.2 cm³/mol. The number of aliphatic hydroxyl groups excluding tert-OH is 1. The Labute approximate surface area is 84.8 Å². The molecule has 88 valence electrons. The molecule has 0 aliphatic heterocycles. The van der Waals surface area contributed by atoms with Gasteiger partial charge in [-0.15, -0.1) is 10.1 Å². The molecule has 0 fully saturated rings. The maximum atomic E-state index is 10.0. The molecule has 0 aromatic rings. The molecular formula is C6H13N2O7+. The number of aliphatic hydroxyl groups is 1. The zero-order valence-corrected chi connectivity index (χ0v) is 7.94. The maximum absolute atomic E-state index is 10.0. The monoisotopic (exact) mass is 225 g/mol. The molecule has 0 aliphatic carbocycles. The Balaban J connectivity index is 3.83. The van der Waals surface area contributed by atoms with Crippen molar-refractivity contribution >= 4 is 0 Å². The summed E-state index contributed by atoms with van der Waals surface area (Å²) < 4.78 is 0. The summed E-state index contributed by atoms with van der Waals surface area (Å²) >= 11 is 0. The van der Waals surface area contributed by atoms with Crippen molar-refractivity contribution < 1.29 is 30.2 Å². The first-order valence-corrected chi connectivity index (χ1v) is 4.27. The molecule has 9 heteroatoms. The highest BCUT2D eigenvalue weighted by atomic mass is 17.0. The van der Waals surface area contributed by atoms with Crippen molar-refractivity contribution in [2.75, 3.05) is 13.2 Å². The van der Waals surface area contributed by atoms with Crippen molar-refractivity contribution in [3.8, 4) is 0 Å². The quantitative estimate of drug-likeness (QED) is 0.317. The topological polar surface area (TPSA) is 122 Å². The normalized spacial score (nSPS) is 11.8. The SMILES string of the molecule is O=[N+]([O-])O[C@H](CCCCO)CO[N+](=O)O. The second kappa shape index (κ2) is 7.74. The van der Waals surface area contributed by atoms with Crippen LogP contribution in [0.1, 0.15) is 19.3 Å². The molecule has 0 aromatic carbocycles. The van der Waals surface area contributed by atoms with Gasteiger partial charge in [0.2, 0.25) is 0 Å². The van der Waals surface area contributed by atoms with Crippen LogP contribution in [-0.2, 0) is 9.68 Å². The van der Waals surface area contributed by atoms with Crippen LogP contribution in [-0.4, -0.2) is 39.8 Å². The van der Waals surface area contributed by atoms with Crippen LogP contribution in [0.4, 0.5) is 0 Å². The molecule has 0 rings (SSSR count). The Kier molecular flexibility index (Phi) is 6.89. The van der Waals surface area contributed by atoms with E-state index in [1.807, 2.05) is 0 Å². The molecule has 0 aromatic heterocycles. The van der Waals surface area contributed by atoms with E-state index in [1.54, 1.807) is 0 Å². The summed E-state index contributed by atoms with van der Waals surface area (Å²) in [6.07, 6.45) is 0.269. The van der Waals surface area contributed by atoms with Gasteiger partial charge in [-0.3, -0.25) is 0 Å². The fraction of sp³-hybridized carbons (Fsp3) is 1.00. The fourth-order valence-corrected chi connectivity index (χ4v) is 0.919. The molecule has 0 bridgehead atoms. The summed E-state index contributed by atoms with van der Waals surface area (Å²) in [6.45, 7) is -0.452. The Morgan fingerprint density at radius 3 is 2.47 bits per heavy atom. The molecule has 0 amide bonds. The first-order chi connectivity index (χ1) is 7.06. The van der Waals surface area contributed by atoms with Gasteiger partial charge in [-0.2, -0.15) is 4.84 Å². The largest absolute Gasteiger partial charge is 0.475 e. The van der Waals surface area contributed by atoms with Crippen molar-refractivity contribution in [3.63, 3.8) is 0 Å². The number of nitrogens with zero attached hydrogens (tertiary/aromatic N) is 2. The van der Waals surface area contributed by atoms with Gasteiger partial charge in [-0.1, -0.05) is 0 Å². The number of hydrogen-bond donors (Lipinski definition) is 2. The van der Waals surface area contributed by atoms with Crippen LogP contribution in [0.15, 0.2) is 0 Å². The minimum absolute atomic E-state index is 0.0281. The highest BCUT2D eigenvalue weighted by Crippen LogP contribution is 2.05. The van der Waals surface area contributed by atoms with Gasteiger partial charge in [0, 0.05) is 6.61 Å². The lowest BCUT2D eigenvalue weighted by Crippen LogP contribution is -2.25. The van der Waals surface area contributed by atoms with Crippen LogP contribution in [0, 0.1) is 15.0 Å². The van der Waals surface area contributed by atoms with Gasteiger partial charge in [0.15, 0.2) is 6.61 Å². The van der Waals surface area contributed by atoms with Crippen LogP contribution in [0.5, 0.6) is 0 Å². The Hall–Kier alpha value is -1.64. The molecule has 15 heavy (non-hydrogen) atoms. The van der Waals surface area contributed by atoms with Crippen LogP contribution in [0.2, 0.25) is 0 Å². The van der Waals surface area contributed by atoms with Crippen LogP contribution < -0.4 is 0 Å². The number of unbranched alkanes of at least 4 members (excludes halogenated alkanes) is 1. The summed E-state index contributed by atoms with van der Waals surface area (Å²) in [6, 6.07) is 0. The van der Waals surface area contributed by atoms with Gasteiger partial charge >= 0.3 is 5.09 Å². The predicted octanol–water partition coefficient (Wildman–Crippen LogP) is -0.174. The lowest BCUT2D eigenvalue weighted by Gasteiger charge is -2.09. The van der Waals surface area contributed by atoms with Gasteiger partial charge < -0.3 is 9.94 Å². The lowest BCUT2D eigenvalue weighted by atomic mass is 10.2. The zero-order chi connectivity index (χ0) is 11.7. The van der Waals surface area contributed by atoms with E-state index < -0.39 is 22.9 Å². The second-order valence-electron chi connectivity index (χ2n) is 2.70. The molecule has 0 unspecified atom stereocenters. The molecular weight excluding hydrogens is 212 g/mol. The third-order valence-corrected chi connectivity index (χ3v) is 1.54. The third kappa shape index (κ3) is 8.68. The van der Waals surface area contributed by atoms with E-state index in [0.29, 0.717) is 12.8 Å². The molecule has 0 radical (unpaired) electrons. The van der Waals surface area contributed by atoms with E-state index in [-0.39, 0.29) is 13.0 Å². The second-order valence-corrected chi connectivity index (χ2v) is 2.70. The standard InChI is InChI=1S/C6H13N2O7/c9-4-2-1-3-6(15-8(12)13)5-14-7(10)11/h6,9H,1-5H2,(H,10,11)/q+1/t6-/m1/s1. The average Bonchev–Trinajstić information content (AvgIpc) is 2.13. The molecule has 2 N–H and O–H groups in total. The minimum atomic E-state index is -1.00. The molecule has 0 saturated heterocycles. The Morgan fingerprint density at radius 1 is 1.33 bits per heavy atom. The Morgan fingerprint density at radius 2 is 2.00 bits per heavy atom. The summed E-state index contributed by atoms with van der Waals surface area (Å²) in [5.41, 5.74) is 0. The van der Waals surface area contributed by atoms with E-state index >= 15 is 0 Å². The molecule has 9 nitrogen and oxygen atoms in total. The third-order valence-electron chi connectivity index (χ3n) is 1.54. The first-order valence-electron chi connectivity index (χ1n) is 4.27. The summed E-state index contributed by atoms with van der Waals surface area (Å²) in [4.78, 5) is 28.2. The van der Waals surface area contributed by atoms with Crippen molar-refractivity contribution in [2.24, 2.45) is 0 Å². The van der Waals surface area contributed by atoms with E-state index in [1.165, 1.54) is 0 Å². The smallest absolute Gasteiger partial charge is 0.396 e. The average molecular weight is 225 g/mol. The highest BCUT2D eigenvalue weighted by Gasteiger charge is 2.18. The van der Waals surface area contributed by atoms with Crippen molar-refractivity contribution in [2.45, 2.75) is 25.4 Å². The summed E-state index contributed by atoms with van der Waals surface area (Å²) in [5.74, 6) is 0. The zero-order valence-electron chi connectivity index (χ0n) is 7.94. The van der Waals surface area contributed by atoms with Gasteiger partial charge in [-0.05, 0) is 19.3 Å². The fourth-order valence-electron chi connectivity index (χ4n) is 0.919. The van der Waals surface area contributed by atoms with Crippen molar-refractivity contribution in [1.82, 2.24) is 0 Å². The van der Waals surface area contributed by atoms with Gasteiger partial charge in [0.05, 0.1) is 0 Å². The lowest BCUT2D eigenvalue weighted by molar-refractivity contribution is -0.977. The van der Waals surface area contributed by atoms with E-state index in [9.17, 15) is 15.0 Å². The molecule has 0 aliphatic rings. The van der Waals surface area contributed by atoms with Gasteiger partial charge in [0.25, 0.3) is 5.09 Å². The highest BCUT2D eigenvalue weighted by molar-refractivity contribution is 4.54. The molecule has 0 spiro atoms. The van der Waals surface area contributed by atoms with Crippen LogP contribution in [0.25, 0.3) is 0 Å². The number of rotatable bonds is 9. The molecule has 1 atom stereocenters. The van der Waals surface area contributed by atoms with Crippen LogP contribution >= 0.6 is 0 Å². The molecule has 0 heterocycles. The van der Waals surface area contributed by atoms with Gasteiger partial charge in [0.1, 0.15) is 11.0 Å². The summed E-state index contributed by atoms with van der Waals surface area (Å²) in [7, 11) is 0. The van der Waals surface area contributed by atoms with E-state index in [0.717, 1.165) is 0 Å². The van der Waals surface area contributed by atoms with Crippen molar-refractivity contribution in [1.29, 1.82) is 0 Å². The minimum Gasteiger partial charge on any atom is -0.396 e. The summed E-state index contributed by atoms with van der Waals surface area (Å²) in [5, 5.41) is 24.8. The first kappa shape index (κ1) is 13.4. The van der Waals surface area contributed by atoms with Crippen LogP contribution in [0.3, 0.4) is 0 Å². The maximum Gasteiger partial charge on any atom is 0.475 e. The Bertz CT molecular complexity index is 210. The van der Waals surface area contributed by atoms with Gasteiger partial charge in [-0.25, -0.2) is 5.21 Å². The van der Waals surface area contributed by atoms with E-state index in [4.69, 9.17) is 10.3 Å². The van der Waals surface area contributed by atoms with E-state index in [2.05, 4.69) is 9.68 Å². The van der Waals surface area contributed by atoms with Crippen molar-refractivity contribution in [3.05, 3.63) is 15.0 Å². The number of hydrogen-bond acceptors (Lipinski definition) is 6.